The van der Waals surface area contributed by atoms with E-state index in [0.717, 1.165) is 76.9 Å². The van der Waals surface area contributed by atoms with Crippen molar-refractivity contribution < 1.29 is 14.0 Å². The Labute approximate surface area is 201 Å². The van der Waals surface area contributed by atoms with Crippen LogP contribution >= 0.6 is 0 Å². The summed E-state index contributed by atoms with van der Waals surface area (Å²) in [5.74, 6) is 0.594. The fourth-order valence-electron chi connectivity index (χ4n) is 4.97. The molecule has 0 bridgehead atoms. The van der Waals surface area contributed by atoms with Crippen molar-refractivity contribution in [3.8, 4) is 0 Å². The Morgan fingerprint density at radius 3 is 2.50 bits per heavy atom. The van der Waals surface area contributed by atoms with Crippen LogP contribution in [0.2, 0.25) is 0 Å². The number of piperazine rings is 1. The minimum atomic E-state index is -0.311. The van der Waals surface area contributed by atoms with Crippen LogP contribution in [-0.4, -0.2) is 60.5 Å². The molecule has 5 rings (SSSR count). The molecule has 2 N–H and O–H groups in total. The number of carbonyl (C=O) groups excluding carboxylic acids is 2. The van der Waals surface area contributed by atoms with E-state index in [9.17, 15) is 9.59 Å². The van der Waals surface area contributed by atoms with Crippen LogP contribution in [0.15, 0.2) is 28.9 Å². The molecule has 1 aliphatic heterocycles. The average Bonchev–Trinajstić information content (AvgIpc) is 3.60. The third-order valence-corrected chi connectivity index (χ3v) is 7.29. The largest absolute Gasteiger partial charge is 0.448 e. The minimum absolute atomic E-state index is 0.0813. The van der Waals surface area contributed by atoms with E-state index in [2.05, 4.69) is 32.3 Å². The van der Waals surface area contributed by atoms with Gasteiger partial charge in [-0.25, -0.2) is 4.98 Å². The molecule has 0 unspecified atom stereocenters. The molecule has 8 heteroatoms. The Morgan fingerprint density at radius 2 is 1.79 bits per heavy atom. The number of anilines is 2. The first-order valence-electron chi connectivity index (χ1n) is 12.8. The number of nitrogens with one attached hydrogen (secondary N) is 2. The van der Waals surface area contributed by atoms with Crippen LogP contribution in [0.5, 0.6) is 0 Å². The Kier molecular flexibility index (Phi) is 6.85. The highest BCUT2D eigenvalue weighted by Gasteiger charge is 2.30. The number of rotatable bonds is 7. The second kappa shape index (κ2) is 10.2. The fourth-order valence-corrected chi connectivity index (χ4v) is 4.97. The third kappa shape index (κ3) is 5.27. The molecule has 0 spiro atoms. The maximum absolute atomic E-state index is 13.0. The summed E-state index contributed by atoms with van der Waals surface area (Å²) in [6, 6.07) is 5.87. The summed E-state index contributed by atoms with van der Waals surface area (Å²) in [7, 11) is 0. The molecule has 0 radical (unpaired) electrons. The molecule has 2 amide bonds. The van der Waals surface area contributed by atoms with Crippen LogP contribution in [0.3, 0.4) is 0 Å². The molecule has 1 aromatic carbocycles. The van der Waals surface area contributed by atoms with E-state index < -0.39 is 0 Å². The summed E-state index contributed by atoms with van der Waals surface area (Å²) < 4.78 is 5.51. The number of amides is 2. The van der Waals surface area contributed by atoms with Crippen LogP contribution in [0.4, 0.5) is 11.4 Å². The highest BCUT2D eigenvalue weighted by atomic mass is 16.3. The first kappa shape index (κ1) is 22.9. The molecule has 34 heavy (non-hydrogen) atoms. The smallest absolute Gasteiger partial charge is 0.277 e. The zero-order valence-electron chi connectivity index (χ0n) is 20.0. The normalized spacial score (nSPS) is 19.7. The lowest BCUT2D eigenvalue weighted by molar-refractivity contribution is 0.0926. The van der Waals surface area contributed by atoms with Crippen molar-refractivity contribution in [3.05, 3.63) is 41.6 Å². The Hall–Kier alpha value is -2.87. The molecule has 0 atom stereocenters. The van der Waals surface area contributed by atoms with Gasteiger partial charge in [-0.05, 0) is 50.4 Å². The molecule has 2 aliphatic carbocycles. The van der Waals surface area contributed by atoms with Crippen LogP contribution in [0.1, 0.15) is 84.5 Å². The molecule has 3 fully saturated rings. The minimum Gasteiger partial charge on any atom is -0.448 e. The van der Waals surface area contributed by atoms with Gasteiger partial charge in [0.2, 0.25) is 0 Å². The molecular weight excluding hydrogens is 430 g/mol. The van der Waals surface area contributed by atoms with Crippen LogP contribution < -0.4 is 15.5 Å². The van der Waals surface area contributed by atoms with Crippen molar-refractivity contribution in [2.75, 3.05) is 42.9 Å². The van der Waals surface area contributed by atoms with E-state index in [1.54, 1.807) is 6.07 Å². The van der Waals surface area contributed by atoms with E-state index in [1.807, 2.05) is 12.1 Å². The predicted octanol–water partition coefficient (Wildman–Crippen LogP) is 4.01. The lowest BCUT2D eigenvalue weighted by Gasteiger charge is -2.36. The standard InChI is InChI=1S/C26H35N5O3/c1-2-30-12-14-31(15-13-30)23-11-10-19(24(32)27-20-6-4-3-5-7-20)16-21(23)28-25(33)22-17-34-26(29-22)18-8-9-18/h10-11,16-18,20H,2-9,12-15H2,1H3,(H,27,32)(H,28,33). The SMILES string of the molecule is CCN1CCN(c2ccc(C(=O)NC3CCCCC3)cc2NC(=O)c2coc(C3CC3)n2)CC1. The van der Waals surface area contributed by atoms with E-state index in [-0.39, 0.29) is 23.6 Å². The Balaban J connectivity index is 1.36. The van der Waals surface area contributed by atoms with Gasteiger partial charge in [0, 0.05) is 43.7 Å². The van der Waals surface area contributed by atoms with Crippen LogP contribution in [-0.2, 0) is 0 Å². The molecule has 1 saturated heterocycles. The van der Waals surface area contributed by atoms with Gasteiger partial charge in [0.1, 0.15) is 6.26 Å². The van der Waals surface area contributed by atoms with Gasteiger partial charge in [-0.1, -0.05) is 26.2 Å². The second-order valence-corrected chi connectivity index (χ2v) is 9.76. The molecule has 3 aliphatic rings. The van der Waals surface area contributed by atoms with E-state index in [0.29, 0.717) is 23.1 Å². The van der Waals surface area contributed by atoms with Gasteiger partial charge in [0.15, 0.2) is 11.6 Å². The van der Waals surface area contributed by atoms with Crippen molar-refractivity contribution >= 4 is 23.2 Å². The number of aromatic nitrogens is 1. The predicted molar refractivity (Wildman–Crippen MR) is 132 cm³/mol. The van der Waals surface area contributed by atoms with E-state index in [4.69, 9.17) is 4.42 Å². The summed E-state index contributed by atoms with van der Waals surface area (Å²) >= 11 is 0. The fraction of sp³-hybridized carbons (Fsp3) is 0.577. The summed E-state index contributed by atoms with van der Waals surface area (Å²) in [4.78, 5) is 35.1. The Morgan fingerprint density at radius 1 is 1.03 bits per heavy atom. The molecule has 2 aromatic rings. The monoisotopic (exact) mass is 465 g/mol. The quantitative estimate of drug-likeness (QED) is 0.642. The van der Waals surface area contributed by atoms with Gasteiger partial charge in [-0.15, -0.1) is 0 Å². The number of hydrogen-bond acceptors (Lipinski definition) is 6. The van der Waals surface area contributed by atoms with E-state index in [1.165, 1.54) is 12.7 Å². The zero-order chi connectivity index (χ0) is 23.5. The maximum atomic E-state index is 13.0. The highest BCUT2D eigenvalue weighted by molar-refractivity contribution is 6.06. The van der Waals surface area contributed by atoms with Gasteiger partial charge >= 0.3 is 0 Å². The first-order chi connectivity index (χ1) is 16.6. The van der Waals surface area contributed by atoms with E-state index >= 15 is 0 Å². The zero-order valence-corrected chi connectivity index (χ0v) is 20.0. The number of likely N-dealkylation sites (N-methyl/N-ethyl adjacent to an activating group) is 1. The topological polar surface area (TPSA) is 90.7 Å². The van der Waals surface area contributed by atoms with Gasteiger partial charge in [-0.3, -0.25) is 9.59 Å². The average molecular weight is 466 g/mol. The van der Waals surface area contributed by atoms with Crippen LogP contribution in [0, 0.1) is 0 Å². The van der Waals surface area contributed by atoms with Gasteiger partial charge < -0.3 is 24.9 Å². The number of hydrogen-bond donors (Lipinski definition) is 2. The summed E-state index contributed by atoms with van der Waals surface area (Å²) in [5, 5.41) is 6.21. The molecule has 2 saturated carbocycles. The van der Waals surface area contributed by atoms with Crippen molar-refractivity contribution in [2.24, 2.45) is 0 Å². The molecule has 2 heterocycles. The third-order valence-electron chi connectivity index (χ3n) is 7.29. The van der Waals surface area contributed by atoms with Crippen molar-refractivity contribution in [2.45, 2.75) is 63.8 Å². The first-order valence-corrected chi connectivity index (χ1v) is 12.8. The van der Waals surface area contributed by atoms with Gasteiger partial charge in [-0.2, -0.15) is 0 Å². The summed E-state index contributed by atoms with van der Waals surface area (Å²) in [6.07, 6.45) is 9.19. The number of carbonyl (C=O) groups is 2. The van der Waals surface area contributed by atoms with Gasteiger partial charge in [0.25, 0.3) is 11.8 Å². The molecule has 1 aromatic heterocycles. The van der Waals surface area contributed by atoms with Crippen molar-refractivity contribution in [3.63, 3.8) is 0 Å². The van der Waals surface area contributed by atoms with Gasteiger partial charge in [0.05, 0.1) is 11.4 Å². The maximum Gasteiger partial charge on any atom is 0.277 e. The lowest BCUT2D eigenvalue weighted by Crippen LogP contribution is -2.46. The molecular formula is C26H35N5O3. The highest BCUT2D eigenvalue weighted by Crippen LogP contribution is 2.39. The number of oxazole rings is 1. The Bertz CT molecular complexity index is 1020. The summed E-state index contributed by atoms with van der Waals surface area (Å²) in [5.41, 5.74) is 2.42. The van der Waals surface area contributed by atoms with Crippen molar-refractivity contribution in [1.82, 2.24) is 15.2 Å². The number of benzene rings is 1. The molecule has 8 nitrogen and oxygen atoms in total. The number of nitrogens with zero attached hydrogens (tertiary/aromatic N) is 3. The van der Waals surface area contributed by atoms with Crippen LogP contribution in [0.25, 0.3) is 0 Å². The van der Waals surface area contributed by atoms with Crippen molar-refractivity contribution in [1.29, 1.82) is 0 Å². The second-order valence-electron chi connectivity index (χ2n) is 9.76. The lowest BCUT2D eigenvalue weighted by atomic mass is 9.95. The summed E-state index contributed by atoms with van der Waals surface area (Å²) in [6.45, 7) is 6.91. The molecule has 182 valence electrons.